The van der Waals surface area contributed by atoms with E-state index in [1.54, 1.807) is 6.20 Å². The smallest absolute Gasteiger partial charge is 0.171 e. The Labute approximate surface area is 144 Å². The summed E-state index contributed by atoms with van der Waals surface area (Å²) in [7, 11) is 0. The van der Waals surface area contributed by atoms with Crippen LogP contribution in [0, 0.1) is 0 Å². The molecule has 1 aliphatic carbocycles. The van der Waals surface area contributed by atoms with Crippen molar-refractivity contribution in [3.05, 3.63) is 40.0 Å². The predicted octanol–water partition coefficient (Wildman–Crippen LogP) is 4.19. The summed E-state index contributed by atoms with van der Waals surface area (Å²) in [5.74, 6) is 2.39. The van der Waals surface area contributed by atoms with Gasteiger partial charge in [0.1, 0.15) is 5.02 Å². The van der Waals surface area contributed by atoms with E-state index in [2.05, 4.69) is 25.5 Å². The Kier molecular flexibility index (Phi) is 3.76. The minimum atomic E-state index is 0. The number of aliphatic hydroxyl groups is 1. The van der Waals surface area contributed by atoms with Gasteiger partial charge in [0.25, 0.3) is 0 Å². The maximum atomic E-state index is 9.17. The molecule has 122 valence electrons. The molecule has 1 saturated carbocycles. The summed E-state index contributed by atoms with van der Waals surface area (Å²) in [5.41, 5.74) is 1.14. The second-order valence-corrected chi connectivity index (χ2v) is 7.00. The van der Waals surface area contributed by atoms with E-state index < -0.39 is 0 Å². The average Bonchev–Trinajstić information content (AvgIpc) is 3.11. The van der Waals surface area contributed by atoms with Gasteiger partial charge in [-0.25, -0.2) is 9.97 Å². The molecule has 0 amide bonds. The third-order valence-electron chi connectivity index (χ3n) is 3.64. The van der Waals surface area contributed by atoms with Crippen molar-refractivity contribution in [2.24, 2.45) is 0 Å². The maximum absolute atomic E-state index is 9.17. The van der Waals surface area contributed by atoms with Crippen LogP contribution < -0.4 is 5.32 Å². The SMILES string of the molecule is OCc1ccc(-c2ncc(Cl)c(Nc3cc(C4CC4)[nH]n3)n2)s1.[HH].[HH]. The van der Waals surface area contributed by atoms with E-state index >= 15 is 0 Å². The number of aromatic nitrogens is 4. The fourth-order valence-electron chi connectivity index (χ4n) is 2.28. The number of aromatic amines is 1. The molecule has 0 aromatic carbocycles. The van der Waals surface area contributed by atoms with Gasteiger partial charge in [0.05, 0.1) is 17.7 Å². The number of H-pyrrole nitrogens is 1. The second-order valence-electron chi connectivity index (χ2n) is 5.42. The van der Waals surface area contributed by atoms with E-state index in [-0.39, 0.29) is 9.46 Å². The third kappa shape index (κ3) is 3.08. The molecule has 0 unspecified atom stereocenters. The van der Waals surface area contributed by atoms with Gasteiger partial charge in [0.15, 0.2) is 17.5 Å². The molecule has 0 radical (unpaired) electrons. The quantitative estimate of drug-likeness (QED) is 0.641. The first-order valence-corrected chi connectivity index (χ1v) is 8.47. The summed E-state index contributed by atoms with van der Waals surface area (Å²) in [6, 6.07) is 5.74. The number of nitrogens with zero attached hydrogens (tertiary/aromatic N) is 3. The number of anilines is 2. The molecule has 23 heavy (non-hydrogen) atoms. The first-order valence-electron chi connectivity index (χ1n) is 7.28. The van der Waals surface area contributed by atoms with Crippen molar-refractivity contribution in [1.29, 1.82) is 0 Å². The van der Waals surface area contributed by atoms with E-state index in [9.17, 15) is 0 Å². The highest BCUT2D eigenvalue weighted by Crippen LogP contribution is 2.40. The molecule has 1 aliphatic rings. The lowest BCUT2D eigenvalue weighted by Gasteiger charge is -2.05. The number of rotatable bonds is 5. The van der Waals surface area contributed by atoms with Crippen molar-refractivity contribution < 1.29 is 7.96 Å². The Morgan fingerprint density at radius 2 is 2.30 bits per heavy atom. The van der Waals surface area contributed by atoms with Crippen LogP contribution in [0.1, 0.15) is 32.2 Å². The predicted molar refractivity (Wildman–Crippen MR) is 94.4 cm³/mol. The molecule has 0 atom stereocenters. The Morgan fingerprint density at radius 3 is 3.04 bits per heavy atom. The van der Waals surface area contributed by atoms with E-state index in [0.29, 0.717) is 28.4 Å². The summed E-state index contributed by atoms with van der Waals surface area (Å²) in [4.78, 5) is 10.5. The van der Waals surface area contributed by atoms with Gasteiger partial charge in [-0.2, -0.15) is 5.10 Å². The standard InChI is InChI=1S/C15H14ClN5OS.2H2/c16-10-6-17-15(12-4-3-9(7-22)23-12)19-14(10)18-13-5-11(20-21-13)8-1-2-8;;/h3-6,8,22H,1-2,7H2,(H2,17,18,19,20,21);2*1H. The van der Waals surface area contributed by atoms with Crippen molar-refractivity contribution in [1.82, 2.24) is 20.2 Å². The Hall–Kier alpha value is -1.96. The van der Waals surface area contributed by atoms with Gasteiger partial charge >= 0.3 is 0 Å². The maximum Gasteiger partial charge on any atom is 0.171 e. The van der Waals surface area contributed by atoms with Crippen LogP contribution >= 0.6 is 22.9 Å². The van der Waals surface area contributed by atoms with Crippen LogP contribution in [-0.2, 0) is 6.61 Å². The normalized spacial score (nSPS) is 14.2. The van der Waals surface area contributed by atoms with Crippen LogP contribution in [0.3, 0.4) is 0 Å². The van der Waals surface area contributed by atoms with Crippen LogP contribution in [0.15, 0.2) is 24.4 Å². The number of nitrogens with one attached hydrogen (secondary N) is 2. The minimum Gasteiger partial charge on any atom is -0.391 e. The molecule has 1 fully saturated rings. The zero-order chi connectivity index (χ0) is 15.8. The van der Waals surface area contributed by atoms with Crippen LogP contribution in [0.4, 0.5) is 11.6 Å². The zero-order valence-electron chi connectivity index (χ0n) is 12.1. The lowest BCUT2D eigenvalue weighted by Crippen LogP contribution is -1.98. The number of thiophene rings is 1. The molecule has 3 heterocycles. The van der Waals surface area contributed by atoms with Gasteiger partial charge in [-0.3, -0.25) is 5.10 Å². The number of aliphatic hydroxyl groups excluding tert-OH is 1. The van der Waals surface area contributed by atoms with E-state index in [1.807, 2.05) is 18.2 Å². The van der Waals surface area contributed by atoms with Crippen LogP contribution in [0.5, 0.6) is 0 Å². The lowest BCUT2D eigenvalue weighted by atomic mass is 10.3. The van der Waals surface area contributed by atoms with Crippen molar-refractivity contribution in [2.45, 2.75) is 25.4 Å². The van der Waals surface area contributed by atoms with Gasteiger partial charge in [-0.1, -0.05) is 11.6 Å². The lowest BCUT2D eigenvalue weighted by molar-refractivity contribution is 0.285. The molecular weight excluding hydrogens is 334 g/mol. The molecule has 0 spiro atoms. The Morgan fingerprint density at radius 1 is 1.43 bits per heavy atom. The van der Waals surface area contributed by atoms with Gasteiger partial charge in [0, 0.05) is 25.4 Å². The van der Waals surface area contributed by atoms with Gasteiger partial charge < -0.3 is 10.4 Å². The summed E-state index contributed by atoms with van der Waals surface area (Å²) < 4.78 is 0. The fraction of sp³-hybridized carbons (Fsp3) is 0.267. The molecule has 0 saturated heterocycles. The number of hydrogen-bond donors (Lipinski definition) is 3. The van der Waals surface area contributed by atoms with Crippen molar-refractivity contribution in [2.75, 3.05) is 5.32 Å². The molecule has 6 nitrogen and oxygen atoms in total. The molecule has 0 aliphatic heterocycles. The Balaban J connectivity index is 0.00000113. The van der Waals surface area contributed by atoms with E-state index in [0.717, 1.165) is 15.4 Å². The average molecular weight is 352 g/mol. The monoisotopic (exact) mass is 351 g/mol. The zero-order valence-corrected chi connectivity index (χ0v) is 13.7. The highest BCUT2D eigenvalue weighted by atomic mass is 35.5. The van der Waals surface area contributed by atoms with Gasteiger partial charge in [-0.15, -0.1) is 11.3 Å². The number of hydrogen-bond acceptors (Lipinski definition) is 6. The van der Waals surface area contributed by atoms with Gasteiger partial charge in [-0.05, 0) is 25.0 Å². The summed E-state index contributed by atoms with van der Waals surface area (Å²) in [5, 5.41) is 20.0. The minimum absolute atomic E-state index is 0. The van der Waals surface area contributed by atoms with Crippen molar-refractivity contribution in [3.63, 3.8) is 0 Å². The summed E-state index contributed by atoms with van der Waals surface area (Å²) in [6.45, 7) is 0.0145. The highest BCUT2D eigenvalue weighted by Gasteiger charge is 2.25. The third-order valence-corrected chi connectivity index (χ3v) is 4.99. The molecule has 3 aromatic rings. The first kappa shape index (κ1) is 14.6. The molecular formula is C15H18ClN5OS. The number of halogens is 1. The topological polar surface area (TPSA) is 86.7 Å². The Bertz CT molecular complexity index is 852. The molecule has 4 rings (SSSR count). The van der Waals surface area contributed by atoms with Crippen LogP contribution in [-0.4, -0.2) is 25.3 Å². The van der Waals surface area contributed by atoms with Crippen molar-refractivity contribution >= 4 is 34.6 Å². The summed E-state index contributed by atoms with van der Waals surface area (Å²) in [6.07, 6.45) is 4.00. The molecule has 3 N–H and O–H groups in total. The van der Waals surface area contributed by atoms with Crippen molar-refractivity contribution in [3.8, 4) is 10.7 Å². The summed E-state index contributed by atoms with van der Waals surface area (Å²) >= 11 is 7.64. The first-order chi connectivity index (χ1) is 11.2. The largest absolute Gasteiger partial charge is 0.391 e. The highest BCUT2D eigenvalue weighted by molar-refractivity contribution is 7.15. The van der Waals surface area contributed by atoms with Gasteiger partial charge in [0.2, 0.25) is 0 Å². The second kappa shape index (κ2) is 5.92. The fourth-order valence-corrected chi connectivity index (χ4v) is 3.23. The molecule has 8 heteroatoms. The molecule has 3 aromatic heterocycles. The van der Waals surface area contributed by atoms with E-state index in [4.69, 9.17) is 16.7 Å². The van der Waals surface area contributed by atoms with Crippen LogP contribution in [0.2, 0.25) is 5.02 Å². The van der Waals surface area contributed by atoms with Crippen LogP contribution in [0.25, 0.3) is 10.7 Å². The molecule has 0 bridgehead atoms. The van der Waals surface area contributed by atoms with E-state index in [1.165, 1.54) is 24.2 Å².